The van der Waals surface area contributed by atoms with E-state index < -0.39 is 50.0 Å². The summed E-state index contributed by atoms with van der Waals surface area (Å²) in [6.45, 7) is 0. The van der Waals surface area contributed by atoms with Crippen molar-refractivity contribution in [3.8, 4) is 0 Å². The summed E-state index contributed by atoms with van der Waals surface area (Å²) in [6, 6.07) is 0. The van der Waals surface area contributed by atoms with Crippen molar-refractivity contribution in [3.63, 3.8) is 0 Å². The maximum atomic E-state index is 5.17. The van der Waals surface area contributed by atoms with Gasteiger partial charge in [0.2, 0.25) is 0 Å². The van der Waals surface area contributed by atoms with Crippen molar-refractivity contribution in [2.45, 2.75) is 0 Å². The number of rotatable bonds is 0. The van der Waals surface area contributed by atoms with Gasteiger partial charge in [0.25, 0.3) is 50.0 Å². The Morgan fingerprint density at radius 1 is 0.455 bits per heavy atom. The predicted molar refractivity (Wildman–Crippen MR) is 55.4 cm³/mol. The first kappa shape index (κ1) is 12.2. The van der Waals surface area contributed by atoms with Crippen molar-refractivity contribution in [1.29, 1.82) is 0 Å². The average Bonchev–Trinajstić information content (AvgIpc) is 2.01. The van der Waals surface area contributed by atoms with Crippen LogP contribution in [-0.2, 0) is 20.6 Å². The summed E-state index contributed by atoms with van der Waals surface area (Å²) in [4.78, 5) is 0. The van der Waals surface area contributed by atoms with Crippen molar-refractivity contribution in [2.24, 2.45) is 0 Å². The second-order valence-electron chi connectivity index (χ2n) is 1.61. The summed E-state index contributed by atoms with van der Waals surface area (Å²) in [7, 11) is -3.62. The van der Waals surface area contributed by atoms with Crippen LogP contribution in [0.1, 0.15) is 0 Å². The summed E-state index contributed by atoms with van der Waals surface area (Å²) in [5, 5.41) is 0. The lowest BCUT2D eigenvalue weighted by atomic mass is 15.7. The zero-order valence-electron chi connectivity index (χ0n) is 5.99. The van der Waals surface area contributed by atoms with Crippen LogP contribution < -0.4 is 0 Å². The molecule has 0 unspecified atom stereocenters. The number of hydrogen-bond donors (Lipinski definition) is 0. The molecular weight excluding hydrogens is 256 g/mol. The SMILES string of the molecule is Cl.O1[SiH2]O[SiH2]O[SiH2]O[SiH2]O[SiH2]1. The minimum Gasteiger partial charge on any atom is -0.425 e. The topological polar surface area (TPSA) is 46.2 Å². The van der Waals surface area contributed by atoms with E-state index in [0.29, 0.717) is 0 Å². The minimum atomic E-state index is -0.724. The Bertz CT molecular complexity index is 48.1. The first-order chi connectivity index (χ1) is 5.00. The Balaban J connectivity index is 0.000001000. The highest BCUT2D eigenvalue weighted by molar-refractivity contribution is 6.50. The fourth-order valence-corrected chi connectivity index (χ4v) is 9.49. The van der Waals surface area contributed by atoms with Gasteiger partial charge in [-0.15, -0.1) is 12.4 Å². The molecule has 5 nitrogen and oxygen atoms in total. The second kappa shape index (κ2) is 9.26. The standard InChI is InChI=1S/ClH.H10O5Si5/c;1-6-2-8-4-10-5-9-3-7-1/h1H;6-10H2. The van der Waals surface area contributed by atoms with Crippen molar-refractivity contribution >= 4 is 62.4 Å². The van der Waals surface area contributed by atoms with Gasteiger partial charge in [0.1, 0.15) is 0 Å². The molecule has 0 amide bonds. The van der Waals surface area contributed by atoms with Gasteiger partial charge < -0.3 is 20.6 Å². The highest BCUT2D eigenvalue weighted by Gasteiger charge is 1.97. The largest absolute Gasteiger partial charge is 0.425 e. The molecule has 0 N–H and O–H groups in total. The highest BCUT2D eigenvalue weighted by Crippen LogP contribution is 1.79. The molecule has 0 radical (unpaired) electrons. The molecule has 0 aromatic carbocycles. The van der Waals surface area contributed by atoms with E-state index in [0.717, 1.165) is 0 Å². The third-order valence-electron chi connectivity index (χ3n) is 0.833. The summed E-state index contributed by atoms with van der Waals surface area (Å²) in [5.41, 5.74) is 0. The van der Waals surface area contributed by atoms with E-state index in [1.807, 2.05) is 0 Å². The molecule has 0 aromatic rings. The molecule has 1 saturated heterocycles. The lowest BCUT2D eigenvalue weighted by Crippen LogP contribution is -2.23. The smallest absolute Gasteiger partial charge is 0.286 e. The van der Waals surface area contributed by atoms with Gasteiger partial charge in [0.15, 0.2) is 0 Å². The van der Waals surface area contributed by atoms with E-state index in [9.17, 15) is 0 Å². The van der Waals surface area contributed by atoms with Gasteiger partial charge in [-0.1, -0.05) is 0 Å². The number of halogens is 1. The van der Waals surface area contributed by atoms with Crippen LogP contribution in [0.25, 0.3) is 0 Å². The van der Waals surface area contributed by atoms with E-state index in [2.05, 4.69) is 0 Å². The monoisotopic (exact) mass is 266 g/mol. The van der Waals surface area contributed by atoms with Gasteiger partial charge in [-0.05, 0) is 0 Å². The molecule has 1 fully saturated rings. The van der Waals surface area contributed by atoms with Crippen LogP contribution >= 0.6 is 12.4 Å². The summed E-state index contributed by atoms with van der Waals surface area (Å²) in [5.74, 6) is 0. The van der Waals surface area contributed by atoms with Crippen LogP contribution in [0, 0.1) is 0 Å². The summed E-state index contributed by atoms with van der Waals surface area (Å²) < 4.78 is 25.8. The molecule has 0 spiro atoms. The van der Waals surface area contributed by atoms with Crippen LogP contribution in [-0.4, -0.2) is 50.0 Å². The van der Waals surface area contributed by atoms with Crippen LogP contribution in [0.15, 0.2) is 0 Å². The Labute approximate surface area is 83.2 Å². The predicted octanol–water partition coefficient (Wildman–Crippen LogP) is -4.50. The fraction of sp³-hybridized carbons (Fsp3) is 0. The molecule has 1 aliphatic heterocycles. The van der Waals surface area contributed by atoms with Crippen molar-refractivity contribution in [1.82, 2.24) is 0 Å². The van der Waals surface area contributed by atoms with Crippen molar-refractivity contribution in [2.75, 3.05) is 0 Å². The average molecular weight is 267 g/mol. The third kappa shape index (κ3) is 7.53. The zero-order chi connectivity index (χ0) is 7.07. The lowest BCUT2D eigenvalue weighted by molar-refractivity contribution is 0.347. The molecule has 11 heavy (non-hydrogen) atoms. The van der Waals surface area contributed by atoms with Crippen molar-refractivity contribution < 1.29 is 20.6 Å². The lowest BCUT2D eigenvalue weighted by Gasteiger charge is -2.10. The minimum absolute atomic E-state index is 0. The van der Waals surface area contributed by atoms with Crippen LogP contribution in [0.2, 0.25) is 0 Å². The van der Waals surface area contributed by atoms with Gasteiger partial charge >= 0.3 is 0 Å². The van der Waals surface area contributed by atoms with Gasteiger partial charge in [0, 0.05) is 0 Å². The molecule has 0 saturated carbocycles. The van der Waals surface area contributed by atoms with E-state index in [1.165, 1.54) is 0 Å². The maximum absolute atomic E-state index is 5.17. The molecule has 1 rings (SSSR count). The normalized spacial score (nSPS) is 32.7. The molecule has 0 atom stereocenters. The van der Waals surface area contributed by atoms with Gasteiger partial charge in [0.05, 0.1) is 0 Å². The van der Waals surface area contributed by atoms with Gasteiger partial charge in [-0.2, -0.15) is 0 Å². The quantitative estimate of drug-likeness (QED) is 0.414. The summed E-state index contributed by atoms with van der Waals surface area (Å²) >= 11 is 0. The molecule has 0 bridgehead atoms. The van der Waals surface area contributed by atoms with Crippen LogP contribution in [0.4, 0.5) is 0 Å². The summed E-state index contributed by atoms with van der Waals surface area (Å²) in [6.07, 6.45) is 0. The van der Waals surface area contributed by atoms with Gasteiger partial charge in [-0.25, -0.2) is 0 Å². The zero-order valence-corrected chi connectivity index (χ0v) is 13.9. The van der Waals surface area contributed by atoms with Gasteiger partial charge in [-0.3, -0.25) is 0 Å². The Kier molecular flexibility index (Phi) is 10.3. The van der Waals surface area contributed by atoms with Crippen LogP contribution in [0.3, 0.4) is 0 Å². The molecule has 11 heteroatoms. The van der Waals surface area contributed by atoms with Crippen molar-refractivity contribution in [3.05, 3.63) is 0 Å². The molecule has 68 valence electrons. The Hall–Kier alpha value is 1.17. The van der Waals surface area contributed by atoms with E-state index >= 15 is 0 Å². The maximum Gasteiger partial charge on any atom is 0.286 e. The molecule has 0 aromatic heterocycles. The molecule has 1 aliphatic rings. The first-order valence-corrected chi connectivity index (χ1v) is 8.66. The van der Waals surface area contributed by atoms with E-state index in [4.69, 9.17) is 20.6 Å². The Morgan fingerprint density at radius 2 is 0.636 bits per heavy atom. The fourth-order valence-electron chi connectivity index (χ4n) is 0.465. The first-order valence-electron chi connectivity index (χ1n) is 2.89. The second-order valence-corrected chi connectivity index (χ2v) is 11.0. The number of hydrogen-bond acceptors (Lipinski definition) is 5. The van der Waals surface area contributed by atoms with E-state index in [1.54, 1.807) is 0 Å². The van der Waals surface area contributed by atoms with E-state index in [-0.39, 0.29) is 12.4 Å². The molecule has 0 aliphatic carbocycles. The highest BCUT2D eigenvalue weighted by atomic mass is 35.5. The van der Waals surface area contributed by atoms with Crippen LogP contribution in [0.5, 0.6) is 0 Å². The third-order valence-corrected chi connectivity index (χ3v) is 7.50. The Morgan fingerprint density at radius 3 is 0.818 bits per heavy atom. The molecule has 1 heterocycles. The molecular formula is H11ClO5Si5.